The molecule has 1 aromatic rings. The minimum absolute atomic E-state index is 0.285. The van der Waals surface area contributed by atoms with Crippen molar-refractivity contribution in [1.82, 2.24) is 4.31 Å². The summed E-state index contributed by atoms with van der Waals surface area (Å²) in [6, 6.07) is 3.57. The van der Waals surface area contributed by atoms with Gasteiger partial charge in [0.25, 0.3) is 0 Å². The highest BCUT2D eigenvalue weighted by Crippen LogP contribution is 2.23. The van der Waals surface area contributed by atoms with Crippen molar-refractivity contribution in [2.75, 3.05) is 13.6 Å². The Kier molecular flexibility index (Phi) is 4.67. The molecule has 0 heterocycles. The van der Waals surface area contributed by atoms with Crippen molar-refractivity contribution in [2.45, 2.75) is 25.3 Å². The molecule has 0 aliphatic rings. The molecule has 0 spiro atoms. The van der Waals surface area contributed by atoms with E-state index < -0.39 is 10.0 Å². The van der Waals surface area contributed by atoms with Gasteiger partial charge in [-0.1, -0.05) is 12.1 Å². The lowest BCUT2D eigenvalue weighted by atomic mass is 10.1. The fourth-order valence-electron chi connectivity index (χ4n) is 1.73. The van der Waals surface area contributed by atoms with E-state index in [0.717, 1.165) is 16.7 Å². The summed E-state index contributed by atoms with van der Waals surface area (Å²) in [6.45, 7) is 7.87. The van der Waals surface area contributed by atoms with Crippen LogP contribution in [-0.2, 0) is 16.6 Å². The summed E-state index contributed by atoms with van der Waals surface area (Å²) >= 11 is 0. The van der Waals surface area contributed by atoms with Crippen molar-refractivity contribution in [1.29, 1.82) is 0 Å². The Morgan fingerprint density at radius 2 is 2.00 bits per heavy atom. The lowest BCUT2D eigenvalue weighted by Crippen LogP contribution is -2.28. The number of rotatable bonds is 5. The Morgan fingerprint density at radius 1 is 1.39 bits per heavy atom. The van der Waals surface area contributed by atoms with E-state index in [-0.39, 0.29) is 6.54 Å². The zero-order chi connectivity index (χ0) is 13.9. The Hall–Kier alpha value is -1.17. The molecule has 0 radical (unpaired) electrons. The number of sulfonamides is 1. The molecule has 0 bridgehead atoms. The van der Waals surface area contributed by atoms with E-state index in [9.17, 15) is 8.42 Å². The normalized spacial score (nSPS) is 11.8. The van der Waals surface area contributed by atoms with E-state index in [1.54, 1.807) is 19.2 Å². The van der Waals surface area contributed by atoms with E-state index in [4.69, 9.17) is 5.73 Å². The summed E-state index contributed by atoms with van der Waals surface area (Å²) in [6.07, 6.45) is 1.56. The zero-order valence-corrected chi connectivity index (χ0v) is 11.9. The fraction of sp³-hybridized carbons (Fsp3) is 0.385. The van der Waals surface area contributed by atoms with Crippen LogP contribution in [0, 0.1) is 13.8 Å². The average molecular weight is 268 g/mol. The van der Waals surface area contributed by atoms with Gasteiger partial charge in [-0.05, 0) is 36.6 Å². The summed E-state index contributed by atoms with van der Waals surface area (Å²) < 4.78 is 26.1. The first-order valence-corrected chi connectivity index (χ1v) is 7.16. The van der Waals surface area contributed by atoms with E-state index in [0.29, 0.717) is 11.4 Å². The molecule has 0 fully saturated rings. The maximum Gasteiger partial charge on any atom is 0.243 e. The highest BCUT2D eigenvalue weighted by atomic mass is 32.2. The van der Waals surface area contributed by atoms with Crippen molar-refractivity contribution in [3.05, 3.63) is 41.5 Å². The number of aryl methyl sites for hydroxylation is 1. The average Bonchev–Trinajstić information content (AvgIpc) is 2.32. The van der Waals surface area contributed by atoms with Crippen molar-refractivity contribution < 1.29 is 8.42 Å². The van der Waals surface area contributed by atoms with Gasteiger partial charge in [0.15, 0.2) is 0 Å². The van der Waals surface area contributed by atoms with Crippen LogP contribution in [0.3, 0.4) is 0 Å². The summed E-state index contributed by atoms with van der Waals surface area (Å²) in [7, 11) is -1.94. The Balaban J connectivity index is 3.40. The third-order valence-corrected chi connectivity index (χ3v) is 4.94. The number of hydrogen-bond donors (Lipinski definition) is 1. The van der Waals surface area contributed by atoms with Gasteiger partial charge in [0.1, 0.15) is 0 Å². The zero-order valence-electron chi connectivity index (χ0n) is 11.1. The number of hydrogen-bond acceptors (Lipinski definition) is 3. The van der Waals surface area contributed by atoms with Crippen molar-refractivity contribution in [2.24, 2.45) is 5.73 Å². The van der Waals surface area contributed by atoms with Crippen LogP contribution in [0.15, 0.2) is 29.7 Å². The lowest BCUT2D eigenvalue weighted by molar-refractivity contribution is 0.498. The van der Waals surface area contributed by atoms with Crippen LogP contribution < -0.4 is 5.73 Å². The predicted molar refractivity (Wildman–Crippen MR) is 73.8 cm³/mol. The Bertz CT molecular complexity index is 550. The van der Waals surface area contributed by atoms with Gasteiger partial charge in [-0.2, -0.15) is 4.31 Å². The minimum Gasteiger partial charge on any atom is -0.326 e. The molecule has 18 heavy (non-hydrogen) atoms. The maximum atomic E-state index is 12.4. The number of likely N-dealkylation sites (N-methyl/N-ethyl adjacent to an activating group) is 1. The molecule has 0 aliphatic carbocycles. The second-order valence-electron chi connectivity index (χ2n) is 4.31. The second-order valence-corrected chi connectivity index (χ2v) is 6.33. The molecule has 100 valence electrons. The summed E-state index contributed by atoms with van der Waals surface area (Å²) in [4.78, 5) is 0.326. The van der Waals surface area contributed by atoms with Gasteiger partial charge in [-0.15, -0.1) is 6.58 Å². The molecule has 0 aliphatic heterocycles. The molecule has 0 saturated carbocycles. The molecule has 1 rings (SSSR count). The third kappa shape index (κ3) is 2.80. The standard InChI is InChI=1S/C13H20N2O2S/c1-5-6-15(4)18(16,17)13-8-12(9-14)7-10(2)11(13)3/h5,7-8H,1,6,9,14H2,2-4H3. The van der Waals surface area contributed by atoms with Gasteiger partial charge >= 0.3 is 0 Å². The monoisotopic (exact) mass is 268 g/mol. The van der Waals surface area contributed by atoms with Crippen LogP contribution in [0.25, 0.3) is 0 Å². The number of nitrogens with zero attached hydrogens (tertiary/aromatic N) is 1. The van der Waals surface area contributed by atoms with E-state index >= 15 is 0 Å². The predicted octanol–water partition coefficient (Wildman–Crippen LogP) is 1.57. The molecular formula is C13H20N2O2S. The van der Waals surface area contributed by atoms with Gasteiger partial charge in [0.2, 0.25) is 10.0 Å². The SMILES string of the molecule is C=CCN(C)S(=O)(=O)c1cc(CN)cc(C)c1C. The van der Waals surface area contributed by atoms with Gasteiger partial charge < -0.3 is 5.73 Å². The van der Waals surface area contributed by atoms with Gasteiger partial charge in [-0.25, -0.2) is 8.42 Å². The fourth-order valence-corrected chi connectivity index (χ4v) is 3.22. The lowest BCUT2D eigenvalue weighted by Gasteiger charge is -2.18. The molecule has 0 amide bonds. The maximum absolute atomic E-state index is 12.4. The quantitative estimate of drug-likeness (QED) is 0.824. The first-order chi connectivity index (χ1) is 8.34. The second kappa shape index (κ2) is 5.65. The molecule has 0 atom stereocenters. The van der Waals surface area contributed by atoms with E-state index in [1.165, 1.54) is 4.31 Å². The first-order valence-electron chi connectivity index (χ1n) is 5.72. The van der Waals surface area contributed by atoms with E-state index in [1.807, 2.05) is 19.9 Å². The highest BCUT2D eigenvalue weighted by molar-refractivity contribution is 7.89. The van der Waals surface area contributed by atoms with E-state index in [2.05, 4.69) is 6.58 Å². The highest BCUT2D eigenvalue weighted by Gasteiger charge is 2.23. The summed E-state index contributed by atoms with van der Waals surface area (Å²) in [5.74, 6) is 0. The molecule has 0 saturated heterocycles. The molecule has 2 N–H and O–H groups in total. The molecule has 5 heteroatoms. The topological polar surface area (TPSA) is 63.4 Å². The Labute approximate surface area is 109 Å². The van der Waals surface area contributed by atoms with Crippen LogP contribution in [0.4, 0.5) is 0 Å². The molecule has 4 nitrogen and oxygen atoms in total. The number of benzene rings is 1. The van der Waals surface area contributed by atoms with Gasteiger partial charge in [0, 0.05) is 20.1 Å². The molecule has 1 aromatic carbocycles. The molecule has 0 aromatic heterocycles. The third-order valence-electron chi connectivity index (χ3n) is 2.99. The largest absolute Gasteiger partial charge is 0.326 e. The number of nitrogens with two attached hydrogens (primary N) is 1. The molecule has 0 unspecified atom stereocenters. The summed E-state index contributed by atoms with van der Waals surface area (Å²) in [5, 5.41) is 0. The van der Waals surface area contributed by atoms with Crippen molar-refractivity contribution in [3.63, 3.8) is 0 Å². The van der Waals surface area contributed by atoms with Crippen LogP contribution in [0.2, 0.25) is 0 Å². The smallest absolute Gasteiger partial charge is 0.243 e. The van der Waals surface area contributed by atoms with Gasteiger partial charge in [0.05, 0.1) is 4.90 Å². The molecular weight excluding hydrogens is 248 g/mol. The summed E-state index contributed by atoms with van der Waals surface area (Å²) in [5.41, 5.74) is 8.11. The first kappa shape index (κ1) is 14.9. The van der Waals surface area contributed by atoms with Crippen molar-refractivity contribution in [3.8, 4) is 0 Å². The van der Waals surface area contributed by atoms with Crippen LogP contribution >= 0.6 is 0 Å². The van der Waals surface area contributed by atoms with Crippen molar-refractivity contribution >= 4 is 10.0 Å². The Morgan fingerprint density at radius 3 is 2.50 bits per heavy atom. The minimum atomic E-state index is -3.48. The van der Waals surface area contributed by atoms with Crippen LogP contribution in [0.5, 0.6) is 0 Å². The van der Waals surface area contributed by atoms with Crippen LogP contribution in [-0.4, -0.2) is 26.3 Å². The van der Waals surface area contributed by atoms with Crippen LogP contribution in [0.1, 0.15) is 16.7 Å². The van der Waals surface area contributed by atoms with Gasteiger partial charge in [-0.3, -0.25) is 0 Å².